The molecule has 1 aromatic carbocycles. The molecule has 0 saturated carbocycles. The zero-order chi connectivity index (χ0) is 14.4. The van der Waals surface area contributed by atoms with Crippen LogP contribution in [0.15, 0.2) is 30.3 Å². The van der Waals surface area contributed by atoms with Gasteiger partial charge in [0.05, 0.1) is 13.2 Å². The summed E-state index contributed by atoms with van der Waals surface area (Å²) in [6.45, 7) is 5.04. The monoisotopic (exact) mass is 292 g/mol. The molecule has 0 aromatic heterocycles. The van der Waals surface area contributed by atoms with Crippen LogP contribution in [0.4, 0.5) is 0 Å². The lowest BCUT2D eigenvalue weighted by Crippen LogP contribution is -2.39. The largest absolute Gasteiger partial charge is 0.370 e. The zero-order valence-electron chi connectivity index (χ0n) is 12.2. The van der Waals surface area contributed by atoms with Gasteiger partial charge in [-0.15, -0.1) is 0 Å². The molecule has 5 atom stereocenters. The predicted octanol–water partition coefficient (Wildman–Crippen LogP) is 1.85. The first kappa shape index (κ1) is 13.7. The van der Waals surface area contributed by atoms with Crippen LogP contribution in [-0.2, 0) is 30.3 Å². The van der Waals surface area contributed by atoms with Crippen molar-refractivity contribution in [2.75, 3.05) is 6.61 Å². The van der Waals surface area contributed by atoms with E-state index < -0.39 is 5.79 Å². The maximum Gasteiger partial charge on any atom is 0.190 e. The van der Waals surface area contributed by atoms with Gasteiger partial charge in [0.15, 0.2) is 12.1 Å². The van der Waals surface area contributed by atoms with Crippen molar-refractivity contribution in [3.63, 3.8) is 0 Å². The molecule has 3 fully saturated rings. The molecule has 5 heteroatoms. The summed E-state index contributed by atoms with van der Waals surface area (Å²) < 4.78 is 29.2. The van der Waals surface area contributed by atoms with E-state index in [2.05, 4.69) is 0 Å². The second kappa shape index (κ2) is 5.04. The Balaban J connectivity index is 1.47. The van der Waals surface area contributed by atoms with Gasteiger partial charge in [0.2, 0.25) is 0 Å². The first-order valence-electron chi connectivity index (χ1n) is 7.41. The summed E-state index contributed by atoms with van der Waals surface area (Å²) in [7, 11) is 0. The molecule has 3 aliphatic rings. The standard InChI is InChI=1S/C16H20O5/c1-16(2)20-14-13(18-8-10-6-4-3-5-7-10)12(11-9-17-11)19-15(14)21-16/h3-7,11-15H,8-9H2,1-2H3/t11-,12-,13+,14+,15+/m1/s1. The van der Waals surface area contributed by atoms with Crippen molar-refractivity contribution in [3.8, 4) is 0 Å². The van der Waals surface area contributed by atoms with Crippen molar-refractivity contribution < 1.29 is 23.7 Å². The Hall–Kier alpha value is -0.980. The van der Waals surface area contributed by atoms with E-state index in [0.717, 1.165) is 12.2 Å². The molecule has 3 aliphatic heterocycles. The minimum Gasteiger partial charge on any atom is -0.370 e. The molecule has 0 spiro atoms. The van der Waals surface area contributed by atoms with Gasteiger partial charge in [0.1, 0.15) is 24.4 Å². The van der Waals surface area contributed by atoms with Gasteiger partial charge in [-0.1, -0.05) is 30.3 Å². The van der Waals surface area contributed by atoms with E-state index in [9.17, 15) is 0 Å². The average molecular weight is 292 g/mol. The fourth-order valence-corrected chi connectivity index (χ4v) is 3.01. The molecule has 0 N–H and O–H groups in total. The number of benzene rings is 1. The van der Waals surface area contributed by atoms with Gasteiger partial charge in [0.25, 0.3) is 0 Å². The van der Waals surface area contributed by atoms with Gasteiger partial charge in [-0.3, -0.25) is 0 Å². The van der Waals surface area contributed by atoms with E-state index in [1.165, 1.54) is 0 Å². The smallest absolute Gasteiger partial charge is 0.190 e. The third-order valence-corrected chi connectivity index (χ3v) is 4.04. The number of epoxide rings is 1. The lowest BCUT2D eigenvalue weighted by molar-refractivity contribution is -0.221. The summed E-state index contributed by atoms with van der Waals surface area (Å²) in [4.78, 5) is 0. The highest BCUT2D eigenvalue weighted by Gasteiger charge is 2.59. The molecule has 4 rings (SSSR count). The lowest BCUT2D eigenvalue weighted by Gasteiger charge is -2.25. The normalized spacial score (nSPS) is 40.2. The SMILES string of the molecule is CC1(C)O[C@@H]2O[C@H]([C@H]3CO3)[C@H](OCc3ccccc3)[C@@H]2O1. The maximum atomic E-state index is 6.10. The van der Waals surface area contributed by atoms with Crippen LogP contribution in [0.2, 0.25) is 0 Å². The van der Waals surface area contributed by atoms with E-state index in [4.69, 9.17) is 23.7 Å². The van der Waals surface area contributed by atoms with Crippen molar-refractivity contribution in [3.05, 3.63) is 35.9 Å². The van der Waals surface area contributed by atoms with Crippen LogP contribution >= 0.6 is 0 Å². The highest BCUT2D eigenvalue weighted by atomic mass is 16.8. The minimum absolute atomic E-state index is 0.103. The fourth-order valence-electron chi connectivity index (χ4n) is 3.01. The van der Waals surface area contributed by atoms with Gasteiger partial charge >= 0.3 is 0 Å². The molecule has 0 unspecified atom stereocenters. The molecule has 1 aromatic rings. The molecule has 114 valence electrons. The third-order valence-electron chi connectivity index (χ3n) is 4.04. The first-order chi connectivity index (χ1) is 10.1. The quantitative estimate of drug-likeness (QED) is 0.793. The van der Waals surface area contributed by atoms with Crippen molar-refractivity contribution in [2.24, 2.45) is 0 Å². The molecule has 3 saturated heterocycles. The number of fused-ring (bicyclic) bond motifs is 1. The van der Waals surface area contributed by atoms with E-state index in [-0.39, 0.29) is 30.7 Å². The van der Waals surface area contributed by atoms with Gasteiger partial charge in [-0.25, -0.2) is 0 Å². The number of rotatable bonds is 4. The topological polar surface area (TPSA) is 49.5 Å². The van der Waals surface area contributed by atoms with Crippen molar-refractivity contribution >= 4 is 0 Å². The molecular formula is C16H20O5. The van der Waals surface area contributed by atoms with Gasteiger partial charge in [-0.2, -0.15) is 0 Å². The van der Waals surface area contributed by atoms with Crippen molar-refractivity contribution in [2.45, 2.75) is 56.9 Å². The number of hydrogen-bond acceptors (Lipinski definition) is 5. The van der Waals surface area contributed by atoms with Crippen LogP contribution in [0.5, 0.6) is 0 Å². The fraction of sp³-hybridized carbons (Fsp3) is 0.625. The van der Waals surface area contributed by atoms with E-state index >= 15 is 0 Å². The van der Waals surface area contributed by atoms with Gasteiger partial charge in [-0.05, 0) is 19.4 Å². The van der Waals surface area contributed by atoms with E-state index in [1.807, 2.05) is 44.2 Å². The molecule has 0 aliphatic carbocycles. The van der Waals surface area contributed by atoms with Crippen LogP contribution in [0, 0.1) is 0 Å². The highest BCUT2D eigenvalue weighted by Crippen LogP contribution is 2.42. The Morgan fingerprint density at radius 3 is 2.62 bits per heavy atom. The van der Waals surface area contributed by atoms with Gasteiger partial charge in [0, 0.05) is 0 Å². The van der Waals surface area contributed by atoms with E-state index in [0.29, 0.717) is 6.61 Å². The Labute approximate surface area is 124 Å². The summed E-state index contributed by atoms with van der Waals surface area (Å²) in [5.41, 5.74) is 1.13. The van der Waals surface area contributed by atoms with Gasteiger partial charge < -0.3 is 23.7 Å². The zero-order valence-corrected chi connectivity index (χ0v) is 12.2. The Bertz CT molecular complexity index is 499. The van der Waals surface area contributed by atoms with Crippen LogP contribution in [0.25, 0.3) is 0 Å². The van der Waals surface area contributed by atoms with Crippen molar-refractivity contribution in [1.29, 1.82) is 0 Å². The predicted molar refractivity (Wildman–Crippen MR) is 73.5 cm³/mol. The first-order valence-corrected chi connectivity index (χ1v) is 7.41. The van der Waals surface area contributed by atoms with E-state index in [1.54, 1.807) is 0 Å². The summed E-state index contributed by atoms with van der Waals surface area (Å²) in [6, 6.07) is 10.1. The minimum atomic E-state index is -0.626. The summed E-state index contributed by atoms with van der Waals surface area (Å²) in [5.74, 6) is -0.626. The molecule has 0 amide bonds. The Morgan fingerprint density at radius 1 is 1.14 bits per heavy atom. The second-order valence-electron chi connectivity index (χ2n) is 6.20. The Morgan fingerprint density at radius 2 is 1.90 bits per heavy atom. The van der Waals surface area contributed by atoms with Crippen LogP contribution < -0.4 is 0 Å². The lowest BCUT2D eigenvalue weighted by atomic mass is 10.1. The summed E-state index contributed by atoms with van der Waals surface area (Å²) in [6.07, 6.45) is -0.733. The van der Waals surface area contributed by atoms with Crippen LogP contribution in [0.3, 0.4) is 0 Å². The second-order valence-corrected chi connectivity index (χ2v) is 6.20. The van der Waals surface area contributed by atoms with Crippen LogP contribution in [-0.4, -0.2) is 43.1 Å². The molecular weight excluding hydrogens is 272 g/mol. The highest BCUT2D eigenvalue weighted by molar-refractivity contribution is 5.13. The number of ether oxygens (including phenoxy) is 5. The third kappa shape index (κ3) is 2.72. The molecule has 5 nitrogen and oxygen atoms in total. The Kier molecular flexibility index (Phi) is 3.28. The molecule has 21 heavy (non-hydrogen) atoms. The van der Waals surface area contributed by atoms with Crippen LogP contribution in [0.1, 0.15) is 19.4 Å². The number of hydrogen-bond donors (Lipinski definition) is 0. The average Bonchev–Trinajstić information content (AvgIpc) is 3.18. The molecule has 3 heterocycles. The molecule has 0 radical (unpaired) electrons. The summed E-state index contributed by atoms with van der Waals surface area (Å²) >= 11 is 0. The summed E-state index contributed by atoms with van der Waals surface area (Å²) in [5, 5.41) is 0. The van der Waals surface area contributed by atoms with Crippen molar-refractivity contribution in [1.82, 2.24) is 0 Å². The maximum absolute atomic E-state index is 6.10. The molecule has 0 bridgehead atoms.